The van der Waals surface area contributed by atoms with E-state index in [4.69, 9.17) is 24.7 Å². The molecule has 2 unspecified atom stereocenters. The SMILES string of the molecule is CO[Si](CCC(N)CC(N)CC=Cc1ccccc1)(OC)OC. The van der Waals surface area contributed by atoms with Crippen molar-refractivity contribution in [2.24, 2.45) is 11.5 Å². The number of hydrogen-bond acceptors (Lipinski definition) is 5. The third-order valence-corrected chi connectivity index (χ3v) is 6.68. The van der Waals surface area contributed by atoms with Crippen LogP contribution in [0.15, 0.2) is 36.4 Å². The lowest BCUT2D eigenvalue weighted by molar-refractivity contribution is 0.122. The topological polar surface area (TPSA) is 79.7 Å². The van der Waals surface area contributed by atoms with Gasteiger partial charge in [-0.1, -0.05) is 42.5 Å². The Morgan fingerprint density at radius 2 is 1.61 bits per heavy atom. The van der Waals surface area contributed by atoms with Gasteiger partial charge in [-0.3, -0.25) is 0 Å². The molecule has 1 rings (SSSR count). The van der Waals surface area contributed by atoms with Crippen molar-refractivity contribution in [3.8, 4) is 0 Å². The summed E-state index contributed by atoms with van der Waals surface area (Å²) in [5.41, 5.74) is 13.5. The minimum atomic E-state index is -2.54. The Bertz CT molecular complexity index is 444. The van der Waals surface area contributed by atoms with Crippen LogP contribution in [-0.2, 0) is 13.3 Å². The highest BCUT2D eigenvalue weighted by Crippen LogP contribution is 2.17. The van der Waals surface area contributed by atoms with E-state index in [1.807, 2.05) is 18.2 Å². The second-order valence-corrected chi connectivity index (χ2v) is 8.73. The molecular weight excluding hydrogens is 308 g/mol. The first kappa shape index (κ1) is 20.0. The van der Waals surface area contributed by atoms with Crippen molar-refractivity contribution >= 4 is 14.9 Å². The molecule has 0 radical (unpaired) electrons. The van der Waals surface area contributed by atoms with Gasteiger partial charge in [0.2, 0.25) is 0 Å². The van der Waals surface area contributed by atoms with Crippen LogP contribution >= 0.6 is 0 Å². The maximum atomic E-state index is 6.18. The van der Waals surface area contributed by atoms with Gasteiger partial charge in [0.15, 0.2) is 0 Å². The van der Waals surface area contributed by atoms with Crippen molar-refractivity contribution in [3.63, 3.8) is 0 Å². The molecule has 2 atom stereocenters. The molecule has 0 saturated heterocycles. The molecule has 0 aliphatic heterocycles. The minimum Gasteiger partial charge on any atom is -0.377 e. The molecule has 23 heavy (non-hydrogen) atoms. The fourth-order valence-corrected chi connectivity index (χ4v) is 4.30. The zero-order chi connectivity index (χ0) is 17.1. The molecular formula is C17H30N2O3Si. The summed E-state index contributed by atoms with van der Waals surface area (Å²) in [5.74, 6) is 0. The van der Waals surface area contributed by atoms with E-state index < -0.39 is 8.80 Å². The van der Waals surface area contributed by atoms with Gasteiger partial charge in [0.1, 0.15) is 0 Å². The van der Waals surface area contributed by atoms with Gasteiger partial charge < -0.3 is 24.7 Å². The van der Waals surface area contributed by atoms with Gasteiger partial charge >= 0.3 is 8.80 Å². The quantitative estimate of drug-likeness (QED) is 0.606. The van der Waals surface area contributed by atoms with E-state index in [9.17, 15) is 0 Å². The zero-order valence-corrected chi connectivity index (χ0v) is 15.4. The van der Waals surface area contributed by atoms with Gasteiger partial charge in [0.25, 0.3) is 0 Å². The molecule has 0 spiro atoms. The summed E-state index contributed by atoms with van der Waals surface area (Å²) in [6, 6.07) is 10.9. The van der Waals surface area contributed by atoms with Crippen LogP contribution in [0.5, 0.6) is 0 Å². The summed E-state index contributed by atoms with van der Waals surface area (Å²) >= 11 is 0. The van der Waals surface area contributed by atoms with Crippen molar-refractivity contribution in [2.45, 2.75) is 37.4 Å². The van der Waals surface area contributed by atoms with Gasteiger partial charge in [0.05, 0.1) is 0 Å². The third-order valence-electron chi connectivity index (χ3n) is 3.91. The van der Waals surface area contributed by atoms with Crippen molar-refractivity contribution in [1.82, 2.24) is 0 Å². The van der Waals surface area contributed by atoms with Gasteiger partial charge in [-0.2, -0.15) is 0 Å². The normalized spacial score (nSPS) is 15.0. The predicted octanol–water partition coefficient (Wildman–Crippen LogP) is 2.40. The van der Waals surface area contributed by atoms with Crippen molar-refractivity contribution in [3.05, 3.63) is 42.0 Å². The van der Waals surface area contributed by atoms with Crippen molar-refractivity contribution < 1.29 is 13.3 Å². The largest absolute Gasteiger partial charge is 0.500 e. The molecule has 5 nitrogen and oxygen atoms in total. The van der Waals surface area contributed by atoms with Crippen LogP contribution in [0.2, 0.25) is 6.04 Å². The Kier molecular flexibility index (Phi) is 9.31. The first-order chi connectivity index (χ1) is 11.0. The van der Waals surface area contributed by atoms with Crippen LogP contribution in [0.4, 0.5) is 0 Å². The van der Waals surface area contributed by atoms with Crippen LogP contribution in [0, 0.1) is 0 Å². The van der Waals surface area contributed by atoms with E-state index in [1.54, 1.807) is 21.3 Å². The second-order valence-electron chi connectivity index (χ2n) is 5.64. The average molecular weight is 339 g/mol. The Hall–Kier alpha value is -1.02. The van der Waals surface area contributed by atoms with Crippen LogP contribution in [-0.4, -0.2) is 42.2 Å². The fraction of sp³-hybridized carbons (Fsp3) is 0.529. The second kappa shape index (κ2) is 10.7. The monoisotopic (exact) mass is 338 g/mol. The Balaban J connectivity index is 2.33. The minimum absolute atomic E-state index is 0.0162. The van der Waals surface area contributed by atoms with Crippen LogP contribution in [0.1, 0.15) is 24.8 Å². The van der Waals surface area contributed by atoms with E-state index >= 15 is 0 Å². The highest BCUT2D eigenvalue weighted by molar-refractivity contribution is 6.60. The Morgan fingerprint density at radius 1 is 1.00 bits per heavy atom. The van der Waals surface area contributed by atoms with Gasteiger partial charge in [-0.15, -0.1) is 0 Å². The van der Waals surface area contributed by atoms with E-state index in [1.165, 1.54) is 5.56 Å². The number of benzene rings is 1. The molecule has 0 saturated carbocycles. The van der Waals surface area contributed by atoms with E-state index in [0.717, 1.165) is 19.3 Å². The smallest absolute Gasteiger partial charge is 0.377 e. The van der Waals surface area contributed by atoms with Crippen molar-refractivity contribution in [2.75, 3.05) is 21.3 Å². The third kappa shape index (κ3) is 7.39. The number of rotatable bonds is 11. The van der Waals surface area contributed by atoms with Crippen molar-refractivity contribution in [1.29, 1.82) is 0 Å². The molecule has 6 heteroatoms. The van der Waals surface area contributed by atoms with Gasteiger partial charge in [-0.05, 0) is 24.8 Å². The lowest BCUT2D eigenvalue weighted by atomic mass is 10.0. The zero-order valence-electron chi connectivity index (χ0n) is 14.4. The molecule has 1 aromatic rings. The molecule has 4 N–H and O–H groups in total. The van der Waals surface area contributed by atoms with Crippen LogP contribution in [0.3, 0.4) is 0 Å². The van der Waals surface area contributed by atoms with E-state index in [0.29, 0.717) is 6.04 Å². The van der Waals surface area contributed by atoms with E-state index in [2.05, 4.69) is 24.3 Å². The molecule has 0 heterocycles. The summed E-state index contributed by atoms with van der Waals surface area (Å²) in [5, 5.41) is 0. The molecule has 130 valence electrons. The van der Waals surface area contributed by atoms with E-state index in [-0.39, 0.29) is 12.1 Å². The molecule has 1 aromatic carbocycles. The molecule has 0 aliphatic rings. The molecule has 0 bridgehead atoms. The van der Waals surface area contributed by atoms with Gasteiger partial charge in [-0.25, -0.2) is 0 Å². The summed E-state index contributed by atoms with van der Waals surface area (Å²) in [4.78, 5) is 0. The highest BCUT2D eigenvalue weighted by Gasteiger charge is 2.37. The molecule has 0 fully saturated rings. The Morgan fingerprint density at radius 3 is 2.17 bits per heavy atom. The number of nitrogens with two attached hydrogens (primary N) is 2. The number of hydrogen-bond donors (Lipinski definition) is 2. The highest BCUT2D eigenvalue weighted by atomic mass is 28.4. The summed E-state index contributed by atoms with van der Waals surface area (Å²) in [7, 11) is 2.31. The summed E-state index contributed by atoms with van der Waals surface area (Å²) < 4.78 is 16.2. The molecule has 0 amide bonds. The van der Waals surface area contributed by atoms with Gasteiger partial charge in [0, 0.05) is 39.5 Å². The maximum absolute atomic E-state index is 6.18. The fourth-order valence-electron chi connectivity index (χ4n) is 2.46. The average Bonchev–Trinajstić information content (AvgIpc) is 2.57. The van der Waals surface area contributed by atoms with Crippen LogP contribution in [0.25, 0.3) is 6.08 Å². The lowest BCUT2D eigenvalue weighted by Gasteiger charge is -2.26. The predicted molar refractivity (Wildman–Crippen MR) is 96.9 cm³/mol. The maximum Gasteiger partial charge on any atom is 0.500 e. The first-order valence-electron chi connectivity index (χ1n) is 7.93. The van der Waals surface area contributed by atoms with Crippen LogP contribution < -0.4 is 11.5 Å². The standard InChI is InChI=1S/C17H30N2O3Si/c1-20-23(21-2,22-3)13-12-17(19)14-16(18)11-7-10-15-8-5-4-6-9-15/h4-10,16-17H,11-14,18-19H2,1-3H3. The summed E-state index contributed by atoms with van der Waals surface area (Å²) in [6.45, 7) is 0. The molecule has 0 aliphatic carbocycles. The Labute approximate surface area is 141 Å². The molecule has 0 aromatic heterocycles. The first-order valence-corrected chi connectivity index (χ1v) is 9.86. The lowest BCUT2D eigenvalue weighted by Crippen LogP contribution is -2.44. The summed E-state index contributed by atoms with van der Waals surface area (Å²) in [6.07, 6.45) is 6.54.